The van der Waals surface area contributed by atoms with Crippen LogP contribution >= 0.6 is 0 Å². The van der Waals surface area contributed by atoms with E-state index in [2.05, 4.69) is 10.5 Å². The summed E-state index contributed by atoms with van der Waals surface area (Å²) in [6.45, 7) is 3.68. The fourth-order valence-electron chi connectivity index (χ4n) is 2.96. The fourth-order valence-corrected chi connectivity index (χ4v) is 2.96. The lowest BCUT2D eigenvalue weighted by Gasteiger charge is -2.26. The van der Waals surface area contributed by atoms with Gasteiger partial charge in [-0.2, -0.15) is 5.10 Å². The lowest BCUT2D eigenvalue weighted by molar-refractivity contribution is -0.134. The third-order valence-corrected chi connectivity index (χ3v) is 4.64. The zero-order chi connectivity index (χ0) is 19.8. The molecule has 0 saturated carbocycles. The van der Waals surface area contributed by atoms with E-state index >= 15 is 0 Å². The smallest absolute Gasteiger partial charge is 0.271 e. The molecule has 1 heterocycles. The van der Waals surface area contributed by atoms with Gasteiger partial charge in [-0.05, 0) is 68.1 Å². The Morgan fingerprint density at radius 2 is 1.71 bits per heavy atom. The molecule has 1 aliphatic heterocycles. The van der Waals surface area contributed by atoms with Crippen LogP contribution in [0.1, 0.15) is 40.7 Å². The summed E-state index contributed by atoms with van der Waals surface area (Å²) in [6, 6.07) is 14.5. The summed E-state index contributed by atoms with van der Waals surface area (Å²) in [7, 11) is 0. The molecule has 0 atom stereocenters. The average Bonchev–Trinajstić information content (AvgIpc) is 2.74. The SMILES string of the molecule is Cc1ccc(C(=O)N/N=C/c2ccc(OCC(=O)N3CCCCC3)cc2)cc1. The van der Waals surface area contributed by atoms with E-state index in [1.54, 1.807) is 30.5 Å². The molecule has 0 aromatic heterocycles. The Morgan fingerprint density at radius 1 is 1.04 bits per heavy atom. The lowest BCUT2D eigenvalue weighted by Crippen LogP contribution is -2.38. The first-order chi connectivity index (χ1) is 13.6. The van der Waals surface area contributed by atoms with E-state index in [-0.39, 0.29) is 18.4 Å². The monoisotopic (exact) mass is 379 g/mol. The van der Waals surface area contributed by atoms with Crippen LogP contribution in [0, 0.1) is 6.92 Å². The minimum atomic E-state index is -0.257. The number of likely N-dealkylation sites (tertiary alicyclic amines) is 1. The quantitative estimate of drug-likeness (QED) is 0.619. The van der Waals surface area contributed by atoms with Crippen LogP contribution in [0.25, 0.3) is 0 Å². The van der Waals surface area contributed by atoms with E-state index in [9.17, 15) is 9.59 Å². The highest BCUT2D eigenvalue weighted by Gasteiger charge is 2.16. The Kier molecular flexibility index (Phi) is 6.78. The molecule has 1 saturated heterocycles. The number of carbonyl (C=O) groups excluding carboxylic acids is 2. The van der Waals surface area contributed by atoms with Crippen molar-refractivity contribution in [3.63, 3.8) is 0 Å². The van der Waals surface area contributed by atoms with Crippen LogP contribution in [0.4, 0.5) is 0 Å². The number of nitrogens with zero attached hydrogens (tertiary/aromatic N) is 2. The molecule has 2 amide bonds. The van der Waals surface area contributed by atoms with Gasteiger partial charge in [-0.1, -0.05) is 17.7 Å². The third kappa shape index (κ3) is 5.67. The van der Waals surface area contributed by atoms with Crippen molar-refractivity contribution in [3.05, 3.63) is 65.2 Å². The fraction of sp³-hybridized carbons (Fsp3) is 0.318. The predicted octanol–water partition coefficient (Wildman–Crippen LogP) is 3.15. The van der Waals surface area contributed by atoms with Gasteiger partial charge in [-0.25, -0.2) is 5.43 Å². The summed E-state index contributed by atoms with van der Waals surface area (Å²) in [5.41, 5.74) is 4.98. The number of piperidine rings is 1. The second-order valence-electron chi connectivity index (χ2n) is 6.86. The van der Waals surface area contributed by atoms with Crippen molar-refractivity contribution in [3.8, 4) is 5.75 Å². The molecule has 28 heavy (non-hydrogen) atoms. The molecule has 6 nitrogen and oxygen atoms in total. The Balaban J connectivity index is 1.45. The maximum absolute atomic E-state index is 12.1. The van der Waals surface area contributed by atoms with Gasteiger partial charge in [-0.3, -0.25) is 9.59 Å². The third-order valence-electron chi connectivity index (χ3n) is 4.64. The zero-order valence-electron chi connectivity index (χ0n) is 16.1. The molecule has 2 aromatic rings. The van der Waals surface area contributed by atoms with E-state index in [1.807, 2.05) is 36.1 Å². The molecule has 146 valence electrons. The van der Waals surface area contributed by atoms with Crippen molar-refractivity contribution >= 4 is 18.0 Å². The molecular weight excluding hydrogens is 354 g/mol. The minimum Gasteiger partial charge on any atom is -0.484 e. The summed E-state index contributed by atoms with van der Waals surface area (Å²) < 4.78 is 5.58. The van der Waals surface area contributed by atoms with Crippen molar-refractivity contribution in [2.75, 3.05) is 19.7 Å². The van der Waals surface area contributed by atoms with E-state index < -0.39 is 0 Å². The molecule has 1 N–H and O–H groups in total. The van der Waals surface area contributed by atoms with Crippen LogP contribution < -0.4 is 10.2 Å². The highest BCUT2D eigenvalue weighted by molar-refractivity contribution is 5.94. The summed E-state index contributed by atoms with van der Waals surface area (Å²) >= 11 is 0. The lowest BCUT2D eigenvalue weighted by atomic mass is 10.1. The van der Waals surface area contributed by atoms with Gasteiger partial charge < -0.3 is 9.64 Å². The van der Waals surface area contributed by atoms with Gasteiger partial charge in [-0.15, -0.1) is 0 Å². The van der Waals surface area contributed by atoms with Crippen molar-refractivity contribution in [1.29, 1.82) is 0 Å². The number of amides is 2. The molecule has 2 aromatic carbocycles. The molecular formula is C22H25N3O3. The van der Waals surface area contributed by atoms with Gasteiger partial charge in [0.05, 0.1) is 6.21 Å². The van der Waals surface area contributed by atoms with Gasteiger partial charge in [0.2, 0.25) is 0 Å². The molecule has 1 aliphatic rings. The maximum atomic E-state index is 12.1. The Hall–Kier alpha value is -3.15. The zero-order valence-corrected chi connectivity index (χ0v) is 16.1. The summed E-state index contributed by atoms with van der Waals surface area (Å²) in [5, 5.41) is 3.98. The Labute approximate surface area is 165 Å². The first-order valence-corrected chi connectivity index (χ1v) is 9.52. The molecule has 1 fully saturated rings. The van der Waals surface area contributed by atoms with Gasteiger partial charge >= 0.3 is 0 Å². The minimum absolute atomic E-state index is 0.0316. The molecule has 0 bridgehead atoms. The summed E-state index contributed by atoms with van der Waals surface area (Å²) in [5.74, 6) is 0.405. The van der Waals surface area contributed by atoms with Gasteiger partial charge in [0, 0.05) is 18.7 Å². The average molecular weight is 379 g/mol. The number of hydrogen-bond acceptors (Lipinski definition) is 4. The Bertz CT molecular complexity index is 823. The van der Waals surface area contributed by atoms with Crippen LogP contribution in [0.5, 0.6) is 5.75 Å². The predicted molar refractivity (Wildman–Crippen MR) is 109 cm³/mol. The van der Waals surface area contributed by atoms with Crippen LogP contribution in [0.15, 0.2) is 53.6 Å². The molecule has 3 rings (SSSR count). The van der Waals surface area contributed by atoms with Gasteiger partial charge in [0.25, 0.3) is 11.8 Å². The Morgan fingerprint density at radius 3 is 2.39 bits per heavy atom. The second kappa shape index (κ2) is 9.69. The van der Waals surface area contributed by atoms with Crippen molar-refractivity contribution < 1.29 is 14.3 Å². The van der Waals surface area contributed by atoms with Gasteiger partial charge in [0.15, 0.2) is 6.61 Å². The van der Waals surface area contributed by atoms with Crippen molar-refractivity contribution in [1.82, 2.24) is 10.3 Å². The van der Waals surface area contributed by atoms with Crippen LogP contribution in [-0.4, -0.2) is 42.6 Å². The number of carbonyl (C=O) groups is 2. The van der Waals surface area contributed by atoms with Crippen molar-refractivity contribution in [2.24, 2.45) is 5.10 Å². The number of benzene rings is 2. The normalized spacial score (nSPS) is 14.1. The number of hydrogen-bond donors (Lipinski definition) is 1. The number of rotatable bonds is 6. The second-order valence-corrected chi connectivity index (χ2v) is 6.86. The van der Waals surface area contributed by atoms with E-state index in [1.165, 1.54) is 6.42 Å². The number of aryl methyl sites for hydroxylation is 1. The molecule has 0 radical (unpaired) electrons. The maximum Gasteiger partial charge on any atom is 0.271 e. The summed E-state index contributed by atoms with van der Waals surface area (Å²) in [4.78, 5) is 26.0. The van der Waals surface area contributed by atoms with Gasteiger partial charge in [0.1, 0.15) is 5.75 Å². The van der Waals surface area contributed by atoms with Crippen LogP contribution in [0.3, 0.4) is 0 Å². The molecule has 0 unspecified atom stereocenters. The van der Waals surface area contributed by atoms with Crippen LogP contribution in [-0.2, 0) is 4.79 Å². The number of ether oxygens (including phenoxy) is 1. The molecule has 0 spiro atoms. The highest BCUT2D eigenvalue weighted by Crippen LogP contribution is 2.13. The highest BCUT2D eigenvalue weighted by atomic mass is 16.5. The van der Waals surface area contributed by atoms with E-state index in [4.69, 9.17) is 4.74 Å². The standard InChI is InChI=1S/C22H25N3O3/c1-17-5-9-19(10-6-17)22(27)24-23-15-18-7-11-20(12-8-18)28-16-21(26)25-13-3-2-4-14-25/h5-12,15H,2-4,13-14,16H2,1H3,(H,24,27)/b23-15+. The van der Waals surface area contributed by atoms with E-state index in [0.717, 1.165) is 37.1 Å². The van der Waals surface area contributed by atoms with E-state index in [0.29, 0.717) is 11.3 Å². The molecule has 6 heteroatoms. The summed E-state index contributed by atoms with van der Waals surface area (Å²) in [6.07, 6.45) is 4.90. The first-order valence-electron chi connectivity index (χ1n) is 9.52. The van der Waals surface area contributed by atoms with Crippen molar-refractivity contribution in [2.45, 2.75) is 26.2 Å². The molecule has 0 aliphatic carbocycles. The topological polar surface area (TPSA) is 71.0 Å². The number of hydrazone groups is 1. The first kappa shape index (κ1) is 19.6. The number of nitrogens with one attached hydrogen (secondary N) is 1. The van der Waals surface area contributed by atoms with Crippen LogP contribution in [0.2, 0.25) is 0 Å². The largest absolute Gasteiger partial charge is 0.484 e.